The van der Waals surface area contributed by atoms with E-state index in [0.717, 1.165) is 0 Å². The maximum Gasteiger partial charge on any atom is 0.252 e. The molecule has 4 heteroatoms. The lowest BCUT2D eigenvalue weighted by Gasteiger charge is -2.04. The van der Waals surface area contributed by atoms with Crippen LogP contribution in [0.5, 0.6) is 0 Å². The summed E-state index contributed by atoms with van der Waals surface area (Å²) in [6.07, 6.45) is 0. The molecule has 0 aromatic heterocycles. The lowest BCUT2D eigenvalue weighted by Crippen LogP contribution is -2.22. The minimum absolute atomic E-state index is 0.0654. The Labute approximate surface area is 97.4 Å². The summed E-state index contributed by atoms with van der Waals surface area (Å²) in [6.45, 7) is -5.76. The smallest absolute Gasteiger partial charge is 0.252 e. The van der Waals surface area contributed by atoms with Crippen LogP contribution in [-0.2, 0) is 0 Å². The molecule has 0 fully saturated rings. The number of amides is 1. The molecule has 0 bridgehead atoms. The van der Waals surface area contributed by atoms with Crippen LogP contribution in [0.3, 0.4) is 0 Å². The molecule has 0 unspecified atom stereocenters. The minimum Gasteiger partial charge on any atom is -0.352 e. The molecule has 13 heavy (non-hydrogen) atoms. The van der Waals surface area contributed by atoms with Crippen LogP contribution in [0.15, 0.2) is 22.7 Å². The third-order valence-corrected chi connectivity index (χ3v) is 2.28. The summed E-state index contributed by atoms with van der Waals surface area (Å²) in [4.78, 5) is 11.8. The number of hydrogen-bond acceptors (Lipinski definition) is 1. The van der Waals surface area contributed by atoms with Crippen LogP contribution in [-0.4, -0.2) is 12.4 Å². The van der Waals surface area contributed by atoms with Crippen molar-refractivity contribution in [2.75, 3.05) is 6.50 Å². The first-order chi connectivity index (χ1) is 8.04. The molecular formula is C9H9BrClNO. The molecule has 1 N–H and O–H groups in total. The number of hydrogen-bond donors (Lipinski definition) is 1. The van der Waals surface area contributed by atoms with Crippen LogP contribution in [0.1, 0.15) is 24.1 Å². The van der Waals surface area contributed by atoms with Gasteiger partial charge in [0, 0.05) is 22.8 Å². The lowest BCUT2D eigenvalue weighted by atomic mass is 10.2. The molecule has 1 aromatic rings. The molecule has 0 saturated carbocycles. The number of halogens is 2. The number of carbonyl (C=O) groups excluding carboxylic acids is 1. The Hall–Kier alpha value is -0.540. The maximum atomic E-state index is 11.8. The van der Waals surface area contributed by atoms with E-state index in [1.54, 1.807) is 6.07 Å². The number of benzene rings is 1. The Morgan fingerprint density at radius 3 is 3.31 bits per heavy atom. The highest BCUT2D eigenvalue weighted by atomic mass is 79.9. The molecule has 1 amide bonds. The second-order valence-electron chi connectivity index (χ2n) is 2.20. The van der Waals surface area contributed by atoms with Gasteiger partial charge in [-0.3, -0.25) is 4.79 Å². The second-order valence-corrected chi connectivity index (χ2v) is 3.49. The molecule has 70 valence electrons. The second kappa shape index (κ2) is 4.63. The summed E-state index contributed by atoms with van der Waals surface area (Å²) < 4.78 is 36.0. The Bertz CT molecular complexity index is 477. The summed E-state index contributed by atoms with van der Waals surface area (Å²) >= 11 is 8.82. The van der Waals surface area contributed by atoms with E-state index in [1.165, 1.54) is 12.1 Å². The average molecular weight is 268 g/mol. The third-order valence-electron chi connectivity index (χ3n) is 1.35. The van der Waals surface area contributed by atoms with Crippen molar-refractivity contribution in [1.82, 2.24) is 5.32 Å². The normalized spacial score (nSPS) is 17.5. The van der Waals surface area contributed by atoms with E-state index in [0.29, 0.717) is 4.47 Å². The van der Waals surface area contributed by atoms with Crippen LogP contribution >= 0.6 is 27.5 Å². The number of carbonyl (C=O) groups is 1. The molecule has 0 aliphatic heterocycles. The maximum absolute atomic E-state index is 11.8. The Balaban J connectivity index is 3.00. The van der Waals surface area contributed by atoms with Crippen molar-refractivity contribution in [3.8, 4) is 0 Å². The summed E-state index contributed by atoms with van der Waals surface area (Å²) in [5, 5.41) is 2.11. The fourth-order valence-corrected chi connectivity index (χ4v) is 1.39. The highest BCUT2D eigenvalue weighted by molar-refractivity contribution is 9.10. The van der Waals surface area contributed by atoms with Gasteiger partial charge in [0.1, 0.15) is 0 Å². The van der Waals surface area contributed by atoms with Crippen molar-refractivity contribution in [1.29, 1.82) is 0 Å². The highest BCUT2D eigenvalue weighted by Crippen LogP contribution is 2.20. The summed E-state index contributed by atoms with van der Waals surface area (Å²) in [6, 6.07) is 4.37. The molecule has 0 heterocycles. The fraction of sp³-hybridized carbons (Fsp3) is 0.222. The third kappa shape index (κ3) is 2.71. The largest absolute Gasteiger partial charge is 0.352 e. The monoisotopic (exact) mass is 266 g/mol. The van der Waals surface area contributed by atoms with Crippen molar-refractivity contribution in [3.63, 3.8) is 0 Å². The first kappa shape index (κ1) is 5.37. The summed E-state index contributed by atoms with van der Waals surface area (Å²) in [7, 11) is 0. The molecule has 1 rings (SSSR count). The van der Waals surface area contributed by atoms with Crippen LogP contribution in [0.4, 0.5) is 0 Å². The van der Waals surface area contributed by atoms with E-state index in [4.69, 9.17) is 18.5 Å². The van der Waals surface area contributed by atoms with Gasteiger partial charge in [-0.1, -0.05) is 11.6 Å². The molecular weight excluding hydrogens is 253 g/mol. The zero-order valence-electron chi connectivity index (χ0n) is 11.4. The van der Waals surface area contributed by atoms with Gasteiger partial charge in [-0.25, -0.2) is 0 Å². The topological polar surface area (TPSA) is 29.1 Å². The van der Waals surface area contributed by atoms with E-state index >= 15 is 0 Å². The van der Waals surface area contributed by atoms with Gasteiger partial charge in [-0.05, 0) is 41.0 Å². The predicted octanol–water partition coefficient (Wildman–Crippen LogP) is 2.85. The van der Waals surface area contributed by atoms with E-state index in [9.17, 15) is 4.79 Å². The van der Waals surface area contributed by atoms with Crippen molar-refractivity contribution in [3.05, 3.63) is 33.3 Å². The van der Waals surface area contributed by atoms with Gasteiger partial charge in [0.25, 0.3) is 5.91 Å². The Kier molecular flexibility index (Phi) is 1.91. The van der Waals surface area contributed by atoms with Crippen LogP contribution in [0.2, 0.25) is 5.02 Å². The van der Waals surface area contributed by atoms with Gasteiger partial charge < -0.3 is 5.32 Å². The zero-order chi connectivity index (χ0) is 14.1. The van der Waals surface area contributed by atoms with Gasteiger partial charge in [-0.15, -0.1) is 0 Å². The van der Waals surface area contributed by atoms with E-state index < -0.39 is 19.3 Å². The average Bonchev–Trinajstić information content (AvgIpc) is 2.19. The molecule has 0 radical (unpaired) electrons. The Morgan fingerprint density at radius 1 is 1.85 bits per heavy atom. The zero-order valence-corrected chi connectivity index (χ0v) is 8.74. The van der Waals surface area contributed by atoms with Crippen molar-refractivity contribution in [2.24, 2.45) is 0 Å². The van der Waals surface area contributed by atoms with Crippen molar-refractivity contribution in [2.45, 2.75) is 6.85 Å². The van der Waals surface area contributed by atoms with Gasteiger partial charge in [0.2, 0.25) is 0 Å². The molecule has 0 aliphatic rings. The predicted molar refractivity (Wildman–Crippen MR) is 57.2 cm³/mol. The summed E-state index contributed by atoms with van der Waals surface area (Å²) in [5.74, 6) is -0.856. The first-order valence-corrected chi connectivity index (χ1v) is 4.49. The summed E-state index contributed by atoms with van der Waals surface area (Å²) in [5.41, 5.74) is 0.0654. The fourth-order valence-electron chi connectivity index (χ4n) is 0.796. The van der Waals surface area contributed by atoms with Crippen molar-refractivity contribution >= 4 is 33.4 Å². The van der Waals surface area contributed by atoms with Gasteiger partial charge in [-0.2, -0.15) is 0 Å². The molecule has 0 spiro atoms. The molecule has 0 atom stereocenters. The molecule has 0 saturated heterocycles. The Morgan fingerprint density at radius 2 is 2.62 bits per heavy atom. The van der Waals surface area contributed by atoms with E-state index in [2.05, 4.69) is 15.9 Å². The van der Waals surface area contributed by atoms with Crippen LogP contribution in [0, 0.1) is 0 Å². The van der Waals surface area contributed by atoms with Crippen LogP contribution in [0.25, 0.3) is 0 Å². The van der Waals surface area contributed by atoms with Crippen molar-refractivity contribution < 1.29 is 11.6 Å². The first-order valence-electron chi connectivity index (χ1n) is 5.82. The van der Waals surface area contributed by atoms with E-state index in [1.807, 2.05) is 5.32 Å². The quantitative estimate of drug-likeness (QED) is 0.877. The standard InChI is InChI=1S/C9H9BrClNO/c1-2-12-9(13)7-5-6(11)3-4-8(7)10/h3-5H,2H2,1H3,(H,12,13)/i1D3,2D2. The molecule has 0 aliphatic carbocycles. The van der Waals surface area contributed by atoms with Crippen LogP contribution < -0.4 is 5.32 Å². The highest BCUT2D eigenvalue weighted by Gasteiger charge is 2.08. The van der Waals surface area contributed by atoms with E-state index in [-0.39, 0.29) is 10.6 Å². The van der Waals surface area contributed by atoms with Gasteiger partial charge >= 0.3 is 0 Å². The number of rotatable bonds is 2. The van der Waals surface area contributed by atoms with Gasteiger partial charge in [0.05, 0.1) is 5.56 Å². The molecule has 1 aromatic carbocycles. The minimum atomic E-state index is -2.95. The van der Waals surface area contributed by atoms with Gasteiger partial charge in [0.15, 0.2) is 0 Å². The lowest BCUT2D eigenvalue weighted by molar-refractivity contribution is 0.0955. The SMILES string of the molecule is [2H]C([2H])([2H])C([2H])([2H])NC(=O)c1cc(Cl)ccc1Br. The number of nitrogens with one attached hydrogen (secondary N) is 1. The molecule has 2 nitrogen and oxygen atoms in total.